The van der Waals surface area contributed by atoms with E-state index in [1.54, 1.807) is 25.3 Å². The zero-order valence-electron chi connectivity index (χ0n) is 17.0. The molecule has 8 heteroatoms. The lowest BCUT2D eigenvalue weighted by Crippen LogP contribution is -2.40. The van der Waals surface area contributed by atoms with Crippen LogP contribution < -0.4 is 20.1 Å². The lowest BCUT2D eigenvalue weighted by Gasteiger charge is -2.17. The number of rotatable bonds is 7. The summed E-state index contributed by atoms with van der Waals surface area (Å²) in [4.78, 5) is 38.5. The molecule has 3 rings (SSSR count). The third-order valence-corrected chi connectivity index (χ3v) is 5.51. The summed E-state index contributed by atoms with van der Waals surface area (Å²) in [5.74, 6) is 0.516. The molecule has 1 saturated carbocycles. The highest BCUT2D eigenvalue weighted by atomic mass is 16.5. The number of ether oxygens (including phenoxy) is 2. The highest BCUT2D eigenvalue weighted by molar-refractivity contribution is 6.05. The van der Waals surface area contributed by atoms with E-state index in [2.05, 4.69) is 10.6 Å². The van der Waals surface area contributed by atoms with Crippen molar-refractivity contribution in [3.8, 4) is 11.5 Å². The second kappa shape index (κ2) is 9.62. The lowest BCUT2D eigenvalue weighted by molar-refractivity contribution is -0.131. The average Bonchev–Trinajstić information content (AvgIpc) is 2.89. The first kappa shape index (κ1) is 21.0. The third kappa shape index (κ3) is 5.19. The molecule has 158 valence electrons. The Morgan fingerprint density at radius 1 is 1.10 bits per heavy atom. The van der Waals surface area contributed by atoms with Gasteiger partial charge >= 0.3 is 6.03 Å². The lowest BCUT2D eigenvalue weighted by atomic mass is 10.1. The Labute approximate surface area is 170 Å². The summed E-state index contributed by atoms with van der Waals surface area (Å²) in [5, 5.41) is 5.65. The summed E-state index contributed by atoms with van der Waals surface area (Å²) in [6, 6.07) is 4.08. The van der Waals surface area contributed by atoms with Crippen LogP contribution in [0.2, 0.25) is 0 Å². The van der Waals surface area contributed by atoms with Gasteiger partial charge in [-0.1, -0.05) is 31.7 Å². The van der Waals surface area contributed by atoms with Crippen molar-refractivity contribution in [3.63, 3.8) is 0 Å². The number of methoxy groups -OCH3 is 2. The van der Waals surface area contributed by atoms with Gasteiger partial charge < -0.3 is 20.1 Å². The Balaban J connectivity index is 1.58. The largest absolute Gasteiger partial charge is 0.493 e. The Bertz CT molecular complexity index is 759. The van der Waals surface area contributed by atoms with E-state index in [9.17, 15) is 14.4 Å². The predicted molar refractivity (Wildman–Crippen MR) is 107 cm³/mol. The minimum atomic E-state index is -0.826. The first-order valence-electron chi connectivity index (χ1n) is 10.1. The van der Waals surface area contributed by atoms with Gasteiger partial charge in [0.05, 0.1) is 27.2 Å². The molecular weight excluding hydrogens is 374 g/mol. The first-order chi connectivity index (χ1) is 14.0. The van der Waals surface area contributed by atoms with Crippen LogP contribution in [0.3, 0.4) is 0 Å². The number of carbonyl (C=O) groups excluding carboxylic acids is 3. The fraction of sp³-hybridized carbons (Fsp3) is 0.571. The standard InChI is InChI=1S/C21H29N3O5/c1-28-17-10-9-14(11-18(17)29-2)13-24-20(26)16(23-21(24)27)12-19(25)22-15-7-5-3-4-6-8-15/h9-11,15-16H,3-8,12-13H2,1-2H3,(H,22,25)(H,23,27). The monoisotopic (exact) mass is 403 g/mol. The fourth-order valence-electron chi connectivity index (χ4n) is 3.92. The van der Waals surface area contributed by atoms with Crippen molar-refractivity contribution in [2.45, 2.75) is 63.6 Å². The van der Waals surface area contributed by atoms with E-state index < -0.39 is 12.1 Å². The van der Waals surface area contributed by atoms with Gasteiger partial charge in [0.1, 0.15) is 6.04 Å². The van der Waals surface area contributed by atoms with Crippen molar-refractivity contribution in [3.05, 3.63) is 23.8 Å². The van der Waals surface area contributed by atoms with E-state index in [4.69, 9.17) is 9.47 Å². The zero-order valence-corrected chi connectivity index (χ0v) is 17.0. The van der Waals surface area contributed by atoms with Crippen LogP contribution in [0.1, 0.15) is 50.5 Å². The van der Waals surface area contributed by atoms with E-state index >= 15 is 0 Å². The van der Waals surface area contributed by atoms with Crippen LogP contribution in [0.25, 0.3) is 0 Å². The van der Waals surface area contributed by atoms with Crippen molar-refractivity contribution < 1.29 is 23.9 Å². The van der Waals surface area contributed by atoms with Crippen LogP contribution in [-0.2, 0) is 16.1 Å². The Morgan fingerprint density at radius 2 is 1.79 bits per heavy atom. The van der Waals surface area contributed by atoms with Gasteiger partial charge in [-0.2, -0.15) is 0 Å². The summed E-state index contributed by atoms with van der Waals surface area (Å²) in [7, 11) is 3.07. The molecule has 2 fully saturated rings. The topological polar surface area (TPSA) is 97.0 Å². The second-order valence-electron chi connectivity index (χ2n) is 7.58. The van der Waals surface area contributed by atoms with Gasteiger partial charge in [-0.3, -0.25) is 14.5 Å². The molecule has 1 aliphatic heterocycles. The van der Waals surface area contributed by atoms with Gasteiger partial charge in [-0.25, -0.2) is 4.79 Å². The molecular formula is C21H29N3O5. The van der Waals surface area contributed by atoms with Gasteiger partial charge in [0.15, 0.2) is 11.5 Å². The summed E-state index contributed by atoms with van der Waals surface area (Å²) >= 11 is 0. The highest BCUT2D eigenvalue weighted by Crippen LogP contribution is 2.28. The molecule has 2 aliphatic rings. The van der Waals surface area contributed by atoms with Gasteiger partial charge in [-0.05, 0) is 30.5 Å². The molecule has 1 aromatic carbocycles. The molecule has 4 amide bonds. The third-order valence-electron chi connectivity index (χ3n) is 5.51. The quantitative estimate of drug-likeness (QED) is 0.538. The molecule has 1 aromatic rings. The van der Waals surface area contributed by atoms with E-state index in [0.717, 1.165) is 36.1 Å². The fourth-order valence-corrected chi connectivity index (χ4v) is 3.92. The molecule has 0 bridgehead atoms. The van der Waals surface area contributed by atoms with Crippen LogP contribution in [0.4, 0.5) is 4.79 Å². The van der Waals surface area contributed by atoms with Crippen LogP contribution in [-0.4, -0.2) is 49.0 Å². The minimum Gasteiger partial charge on any atom is -0.493 e. The molecule has 0 spiro atoms. The SMILES string of the molecule is COc1ccc(CN2C(=O)NC(CC(=O)NC3CCCCCC3)C2=O)cc1OC. The number of nitrogens with one attached hydrogen (secondary N) is 2. The number of carbonyl (C=O) groups is 3. The van der Waals surface area contributed by atoms with Crippen molar-refractivity contribution >= 4 is 17.8 Å². The second-order valence-corrected chi connectivity index (χ2v) is 7.58. The molecule has 2 N–H and O–H groups in total. The van der Waals surface area contributed by atoms with E-state index in [-0.39, 0.29) is 30.8 Å². The smallest absolute Gasteiger partial charge is 0.325 e. The van der Waals surface area contributed by atoms with Crippen molar-refractivity contribution in [1.29, 1.82) is 0 Å². The number of imide groups is 1. The summed E-state index contributed by atoms with van der Waals surface area (Å²) in [6.45, 7) is 0.103. The summed E-state index contributed by atoms with van der Waals surface area (Å²) in [6.07, 6.45) is 6.55. The maximum Gasteiger partial charge on any atom is 0.325 e. The van der Waals surface area contributed by atoms with Gasteiger partial charge in [0.25, 0.3) is 5.91 Å². The number of hydrogen-bond acceptors (Lipinski definition) is 5. The Morgan fingerprint density at radius 3 is 2.45 bits per heavy atom. The summed E-state index contributed by atoms with van der Waals surface area (Å²) < 4.78 is 10.5. The van der Waals surface area contributed by atoms with Gasteiger partial charge in [0, 0.05) is 6.04 Å². The van der Waals surface area contributed by atoms with Gasteiger partial charge in [0.2, 0.25) is 5.91 Å². The van der Waals surface area contributed by atoms with E-state index in [0.29, 0.717) is 11.5 Å². The molecule has 0 aromatic heterocycles. The number of urea groups is 1. The average molecular weight is 403 g/mol. The highest BCUT2D eigenvalue weighted by Gasteiger charge is 2.39. The first-order valence-corrected chi connectivity index (χ1v) is 10.1. The Kier molecular flexibility index (Phi) is 6.95. The number of benzene rings is 1. The van der Waals surface area contributed by atoms with Crippen LogP contribution >= 0.6 is 0 Å². The number of hydrogen-bond donors (Lipinski definition) is 2. The zero-order chi connectivity index (χ0) is 20.8. The van der Waals surface area contributed by atoms with Crippen molar-refractivity contribution in [2.75, 3.05) is 14.2 Å². The molecule has 0 radical (unpaired) electrons. The molecule has 1 aliphatic carbocycles. The maximum absolute atomic E-state index is 12.7. The van der Waals surface area contributed by atoms with E-state index in [1.807, 2.05) is 0 Å². The maximum atomic E-state index is 12.7. The number of nitrogens with zero attached hydrogens (tertiary/aromatic N) is 1. The molecule has 1 unspecified atom stereocenters. The minimum absolute atomic E-state index is 0.0382. The van der Waals surface area contributed by atoms with Crippen molar-refractivity contribution in [2.24, 2.45) is 0 Å². The molecule has 1 atom stereocenters. The van der Waals surface area contributed by atoms with Crippen LogP contribution in [0.15, 0.2) is 18.2 Å². The normalized spacial score (nSPS) is 20.2. The summed E-state index contributed by atoms with van der Waals surface area (Å²) in [5.41, 5.74) is 0.731. The Hall–Kier alpha value is -2.77. The molecule has 29 heavy (non-hydrogen) atoms. The molecule has 8 nitrogen and oxygen atoms in total. The van der Waals surface area contributed by atoms with E-state index in [1.165, 1.54) is 20.0 Å². The van der Waals surface area contributed by atoms with Crippen LogP contribution in [0.5, 0.6) is 11.5 Å². The number of amides is 4. The molecule has 1 saturated heterocycles. The molecule has 1 heterocycles. The van der Waals surface area contributed by atoms with Gasteiger partial charge in [-0.15, -0.1) is 0 Å². The predicted octanol–water partition coefficient (Wildman–Crippen LogP) is 2.35. The van der Waals surface area contributed by atoms with Crippen molar-refractivity contribution in [1.82, 2.24) is 15.5 Å². The van der Waals surface area contributed by atoms with Crippen LogP contribution in [0, 0.1) is 0 Å².